The summed E-state index contributed by atoms with van der Waals surface area (Å²) in [6.45, 7) is 6.49. The van der Waals surface area contributed by atoms with Crippen LogP contribution in [0.2, 0.25) is 0 Å². The SMILES string of the molecule is CCCNC(=O)CCNC(=NCC1(C(=O)N(C)C)CCCC1)NCC.I. The Kier molecular flexibility index (Phi) is 12.6. The summed E-state index contributed by atoms with van der Waals surface area (Å²) in [6, 6.07) is 0. The Labute approximate surface area is 175 Å². The van der Waals surface area contributed by atoms with Gasteiger partial charge in [0.2, 0.25) is 11.8 Å². The molecule has 0 aliphatic heterocycles. The Bertz CT molecular complexity index is 462. The van der Waals surface area contributed by atoms with Crippen LogP contribution in [0.15, 0.2) is 4.99 Å². The van der Waals surface area contributed by atoms with Crippen molar-refractivity contribution in [3.05, 3.63) is 0 Å². The monoisotopic (exact) mass is 481 g/mol. The molecule has 0 heterocycles. The summed E-state index contributed by atoms with van der Waals surface area (Å²) < 4.78 is 0. The zero-order valence-corrected chi connectivity index (χ0v) is 19.0. The van der Waals surface area contributed by atoms with Crippen LogP contribution in [0.25, 0.3) is 0 Å². The summed E-state index contributed by atoms with van der Waals surface area (Å²) in [4.78, 5) is 30.6. The van der Waals surface area contributed by atoms with Crippen LogP contribution in [0, 0.1) is 5.41 Å². The smallest absolute Gasteiger partial charge is 0.230 e. The highest BCUT2D eigenvalue weighted by molar-refractivity contribution is 14.0. The number of amides is 2. The van der Waals surface area contributed by atoms with E-state index in [1.54, 1.807) is 4.90 Å². The zero-order valence-electron chi connectivity index (χ0n) is 16.7. The van der Waals surface area contributed by atoms with Gasteiger partial charge in [-0.1, -0.05) is 19.8 Å². The van der Waals surface area contributed by atoms with Gasteiger partial charge >= 0.3 is 0 Å². The van der Waals surface area contributed by atoms with Crippen LogP contribution in [-0.4, -0.2) is 62.9 Å². The molecule has 0 unspecified atom stereocenters. The third-order valence-corrected chi connectivity index (χ3v) is 4.52. The second-order valence-electron chi connectivity index (χ2n) is 6.91. The molecule has 2 amide bonds. The molecule has 1 saturated carbocycles. The second-order valence-corrected chi connectivity index (χ2v) is 6.91. The summed E-state index contributed by atoms with van der Waals surface area (Å²) in [5.41, 5.74) is -0.371. The normalized spacial score (nSPS) is 15.8. The van der Waals surface area contributed by atoms with E-state index in [4.69, 9.17) is 0 Å². The Hall–Kier alpha value is -1.06. The van der Waals surface area contributed by atoms with Crippen LogP contribution in [0.5, 0.6) is 0 Å². The lowest BCUT2D eigenvalue weighted by Gasteiger charge is -2.29. The minimum absolute atomic E-state index is 0. The average molecular weight is 481 g/mol. The summed E-state index contributed by atoms with van der Waals surface area (Å²) in [5.74, 6) is 0.882. The number of carbonyl (C=O) groups is 2. The fourth-order valence-corrected chi connectivity index (χ4v) is 3.19. The summed E-state index contributed by atoms with van der Waals surface area (Å²) in [6.07, 6.45) is 5.30. The second kappa shape index (κ2) is 13.2. The first-order valence-corrected chi connectivity index (χ1v) is 9.46. The Morgan fingerprint density at radius 2 is 1.69 bits per heavy atom. The van der Waals surface area contributed by atoms with Gasteiger partial charge in [-0.05, 0) is 26.2 Å². The average Bonchev–Trinajstić information content (AvgIpc) is 3.07. The molecule has 1 aliphatic carbocycles. The van der Waals surface area contributed by atoms with E-state index in [-0.39, 0.29) is 41.2 Å². The topological polar surface area (TPSA) is 85.8 Å². The number of nitrogens with zero attached hydrogens (tertiary/aromatic N) is 2. The van der Waals surface area contributed by atoms with E-state index < -0.39 is 0 Å². The third kappa shape index (κ3) is 8.09. The quantitative estimate of drug-likeness (QED) is 0.266. The molecule has 0 spiro atoms. The van der Waals surface area contributed by atoms with Crippen molar-refractivity contribution in [3.8, 4) is 0 Å². The van der Waals surface area contributed by atoms with Gasteiger partial charge in [0, 0.05) is 40.2 Å². The third-order valence-electron chi connectivity index (χ3n) is 4.52. The van der Waals surface area contributed by atoms with Crippen LogP contribution in [0.4, 0.5) is 0 Å². The minimum Gasteiger partial charge on any atom is -0.357 e. The number of carbonyl (C=O) groups excluding carboxylic acids is 2. The maximum Gasteiger partial charge on any atom is 0.230 e. The van der Waals surface area contributed by atoms with Gasteiger partial charge in [-0.2, -0.15) is 0 Å². The highest BCUT2D eigenvalue weighted by Gasteiger charge is 2.41. The largest absolute Gasteiger partial charge is 0.357 e. The lowest BCUT2D eigenvalue weighted by Crippen LogP contribution is -2.43. The molecule has 1 rings (SSSR count). The van der Waals surface area contributed by atoms with Gasteiger partial charge in [0.1, 0.15) is 0 Å². The van der Waals surface area contributed by atoms with Crippen molar-refractivity contribution >= 4 is 41.8 Å². The molecule has 1 aliphatic rings. The minimum atomic E-state index is -0.371. The summed E-state index contributed by atoms with van der Waals surface area (Å²) >= 11 is 0. The maximum absolute atomic E-state index is 12.6. The molecule has 3 N–H and O–H groups in total. The van der Waals surface area contributed by atoms with Crippen molar-refractivity contribution in [1.82, 2.24) is 20.9 Å². The van der Waals surface area contributed by atoms with E-state index in [1.165, 1.54) is 0 Å². The fourth-order valence-electron chi connectivity index (χ4n) is 3.19. The maximum atomic E-state index is 12.6. The molecule has 26 heavy (non-hydrogen) atoms. The Morgan fingerprint density at radius 3 is 2.23 bits per heavy atom. The molecule has 0 aromatic carbocycles. The number of hydrogen-bond donors (Lipinski definition) is 3. The molecule has 0 aromatic heterocycles. The predicted molar refractivity (Wildman–Crippen MR) is 117 cm³/mol. The van der Waals surface area contributed by atoms with E-state index in [2.05, 4.69) is 20.9 Å². The molecule has 7 nitrogen and oxygen atoms in total. The fraction of sp³-hybridized carbons (Fsp3) is 0.833. The highest BCUT2D eigenvalue weighted by Crippen LogP contribution is 2.39. The molecule has 152 valence electrons. The predicted octanol–water partition coefficient (Wildman–Crippen LogP) is 1.72. The first-order chi connectivity index (χ1) is 11.9. The van der Waals surface area contributed by atoms with Crippen molar-refractivity contribution in [1.29, 1.82) is 0 Å². The number of hydrogen-bond acceptors (Lipinski definition) is 3. The summed E-state index contributed by atoms with van der Waals surface area (Å²) in [7, 11) is 3.62. The van der Waals surface area contributed by atoms with E-state index in [0.717, 1.165) is 38.6 Å². The number of halogens is 1. The van der Waals surface area contributed by atoms with Crippen molar-refractivity contribution in [3.63, 3.8) is 0 Å². The standard InChI is InChI=1S/C18H35N5O2.HI/c1-5-12-20-15(24)9-13-21-17(19-6-2)22-14-18(10-7-8-11-18)16(25)23(3)4;/h5-14H2,1-4H3,(H,20,24)(H2,19,21,22);1H. The van der Waals surface area contributed by atoms with Crippen LogP contribution >= 0.6 is 24.0 Å². The van der Waals surface area contributed by atoms with Gasteiger partial charge < -0.3 is 20.9 Å². The van der Waals surface area contributed by atoms with Crippen LogP contribution in [-0.2, 0) is 9.59 Å². The van der Waals surface area contributed by atoms with Crippen LogP contribution in [0.3, 0.4) is 0 Å². The van der Waals surface area contributed by atoms with Crippen LogP contribution < -0.4 is 16.0 Å². The molecule has 0 radical (unpaired) electrons. The Balaban J connectivity index is 0.00000625. The van der Waals surface area contributed by atoms with Crippen LogP contribution in [0.1, 0.15) is 52.4 Å². The first-order valence-electron chi connectivity index (χ1n) is 9.46. The van der Waals surface area contributed by atoms with Crippen molar-refractivity contribution in [2.24, 2.45) is 10.4 Å². The molecule has 0 aromatic rings. The van der Waals surface area contributed by atoms with Crippen molar-refractivity contribution < 1.29 is 9.59 Å². The van der Waals surface area contributed by atoms with Gasteiger partial charge in [0.05, 0.1) is 12.0 Å². The summed E-state index contributed by atoms with van der Waals surface area (Å²) in [5, 5.41) is 9.24. The molecule has 0 bridgehead atoms. The van der Waals surface area contributed by atoms with Gasteiger partial charge in [-0.25, -0.2) is 0 Å². The number of rotatable bonds is 9. The molecular weight excluding hydrogens is 445 g/mol. The molecular formula is C18H36IN5O2. The van der Waals surface area contributed by atoms with E-state index in [1.807, 2.05) is 27.9 Å². The highest BCUT2D eigenvalue weighted by atomic mass is 127. The number of guanidine groups is 1. The molecule has 0 saturated heterocycles. The van der Waals surface area contributed by atoms with Gasteiger partial charge in [-0.15, -0.1) is 24.0 Å². The number of nitrogens with one attached hydrogen (secondary N) is 3. The molecule has 8 heteroatoms. The van der Waals surface area contributed by atoms with Crippen molar-refractivity contribution in [2.75, 3.05) is 40.3 Å². The molecule has 1 fully saturated rings. The lowest BCUT2D eigenvalue weighted by atomic mass is 9.85. The molecule has 0 atom stereocenters. The first kappa shape index (κ1) is 24.9. The van der Waals surface area contributed by atoms with Gasteiger partial charge in [-0.3, -0.25) is 14.6 Å². The van der Waals surface area contributed by atoms with E-state index in [0.29, 0.717) is 32.0 Å². The van der Waals surface area contributed by atoms with Gasteiger partial charge in [0.25, 0.3) is 0 Å². The van der Waals surface area contributed by atoms with Crippen molar-refractivity contribution in [2.45, 2.75) is 52.4 Å². The lowest BCUT2D eigenvalue weighted by molar-refractivity contribution is -0.138. The van der Waals surface area contributed by atoms with E-state index in [9.17, 15) is 9.59 Å². The zero-order chi connectivity index (χ0) is 18.7. The number of aliphatic imine (C=N–C) groups is 1. The Morgan fingerprint density at radius 1 is 1.04 bits per heavy atom. The van der Waals surface area contributed by atoms with E-state index >= 15 is 0 Å². The van der Waals surface area contributed by atoms with Gasteiger partial charge in [0.15, 0.2) is 5.96 Å².